The molecule has 0 aromatic heterocycles. The van der Waals surface area contributed by atoms with Gasteiger partial charge in [-0.25, -0.2) is 14.2 Å². The Morgan fingerprint density at radius 2 is 0.832 bits per heavy atom. The number of carbonyl (C=O) groups is 2. The normalized spacial score (nSPS) is 19.5. The van der Waals surface area contributed by atoms with E-state index in [-0.39, 0.29) is 106 Å². The van der Waals surface area contributed by atoms with Crippen molar-refractivity contribution in [2.75, 3.05) is 46.3 Å². The lowest BCUT2D eigenvalue weighted by Crippen LogP contribution is -2.45. The van der Waals surface area contributed by atoms with Crippen LogP contribution in [0, 0.1) is 35.5 Å². The number of aliphatic hydroxyl groups excluding tert-OH is 1. The summed E-state index contributed by atoms with van der Waals surface area (Å²) in [5.41, 5.74) is 10.0. The average Bonchev–Trinajstić information content (AvgIpc) is 1.63. The number of esters is 2. The van der Waals surface area contributed by atoms with E-state index in [0.29, 0.717) is 60.8 Å². The number of hydrogen-bond donors (Lipinski definition) is 1. The van der Waals surface area contributed by atoms with Crippen molar-refractivity contribution in [2.24, 2.45) is 35.5 Å². The zero-order valence-electron chi connectivity index (χ0n) is 78.7. The van der Waals surface area contributed by atoms with Crippen molar-refractivity contribution in [3.8, 4) is 11.5 Å². The van der Waals surface area contributed by atoms with Crippen LogP contribution in [0.3, 0.4) is 0 Å². The van der Waals surface area contributed by atoms with Gasteiger partial charge in [-0.2, -0.15) is 0 Å². The monoisotopic (exact) mass is 1790 g/mol. The van der Waals surface area contributed by atoms with Gasteiger partial charge in [0.25, 0.3) is 0 Å². The second-order valence-electron chi connectivity index (χ2n) is 38.4. The molecule has 11 atom stereocenters. The number of phosphoric ester groups is 1. The van der Waals surface area contributed by atoms with Crippen LogP contribution >= 0.6 is 16.1 Å². The van der Waals surface area contributed by atoms with Crippen LogP contribution in [0.5, 0.6) is 11.5 Å². The Morgan fingerprint density at radius 3 is 1.19 bits per heavy atom. The zero-order chi connectivity index (χ0) is 90.0. The topological polar surface area (TPSA) is 185 Å². The van der Waals surface area contributed by atoms with E-state index in [1.807, 2.05) is 140 Å². The summed E-state index contributed by atoms with van der Waals surface area (Å²) in [6, 6.07) is 62.7. The van der Waals surface area contributed by atoms with Crippen LogP contribution < -0.4 is 9.47 Å². The van der Waals surface area contributed by atoms with E-state index in [4.69, 9.17) is 55.4 Å². The van der Waals surface area contributed by atoms with Crippen LogP contribution in [0.1, 0.15) is 223 Å². The fraction of sp³-hybridized carbons (Fsp3) is 0.577. The number of carbonyl (C=O) groups excluding carboxylic acids is 2. The predicted molar refractivity (Wildman–Crippen MR) is 511 cm³/mol. The van der Waals surface area contributed by atoms with Gasteiger partial charge in [-0.15, -0.1) is 0 Å². The van der Waals surface area contributed by atoms with Crippen molar-refractivity contribution in [3.05, 3.63) is 238 Å². The zero-order valence-corrected chi connectivity index (χ0v) is 82.5. The van der Waals surface area contributed by atoms with E-state index in [9.17, 15) is 19.3 Å². The Hall–Kier alpha value is -6.23. The molecule has 1 N–H and O–H groups in total. The number of aliphatic hydroxyl groups is 1. The Balaban J connectivity index is 0.000000247. The van der Waals surface area contributed by atoms with Crippen molar-refractivity contribution in [3.63, 3.8) is 0 Å². The highest BCUT2D eigenvalue weighted by atomic mass is 31.2. The highest BCUT2D eigenvalue weighted by Gasteiger charge is 2.52. The number of ether oxygens (including phenoxy) is 6. The molecule has 0 saturated heterocycles. The maximum atomic E-state index is 14.0. The Kier molecular flexibility index (Phi) is 42.1. The van der Waals surface area contributed by atoms with E-state index in [1.165, 1.54) is 47.1 Å². The standard InChI is InChI=1S/C52H71O9PSi.C38H58O6Si.C14H24NOP/c1-7-8-12-27-45(55-31-32-58-62(54,59-37-41-22-15-10-16-23-41)60-38-42-24-17-11-18-25-42)29-30-46-47-33-43-26-19-28-49(56-39-51(53)57-36-40-20-13-9-14-21-40)48(43)34-44(47)35-50(46)61-63(5,6)52(2,3)4;1-7-8-10-17-31(41-22-21-39)19-20-32-33-23-29-16-13-18-35(42-27-37(40)43-26-28-14-11-9-12-15-28)34(29)24-30(33)25-36(32)44-45(5,6)38(2,3)4;1-12(2)15(13(3)4)17(5)16-11-14-9-7-6-8-10-14/h9-11,13-26,28,44-47,50H,7-8,12,27,29-39H2,1-6H3;9,11-16,18,30-33,36,39H,7-8,10,17,19-27H2,1-6H3;6-10,12-13H,11H2,1-5H3/t44-,45-,46+,47-,50+;30-,31-,32+,33-,36+;/m00./s1. The molecule has 0 bridgehead atoms. The van der Waals surface area contributed by atoms with Crippen molar-refractivity contribution in [1.82, 2.24) is 4.67 Å². The Bertz CT molecular complexity index is 4230. The summed E-state index contributed by atoms with van der Waals surface area (Å²) in [4.78, 5) is 25.3. The first-order valence-electron chi connectivity index (χ1n) is 46.7. The number of fused-ring (bicyclic) bond motifs is 4. The molecular formula is C104H153NO16P2Si2. The van der Waals surface area contributed by atoms with Gasteiger partial charge in [0.1, 0.15) is 33.0 Å². The lowest BCUT2D eigenvalue weighted by atomic mass is 9.73. The lowest BCUT2D eigenvalue weighted by molar-refractivity contribution is -0.148. The highest BCUT2D eigenvalue weighted by molar-refractivity contribution is 7.49. The summed E-state index contributed by atoms with van der Waals surface area (Å²) >= 11 is 0. The molecule has 4 aliphatic rings. The van der Waals surface area contributed by atoms with Gasteiger partial charge in [-0.1, -0.05) is 270 Å². The second-order valence-corrected chi connectivity index (χ2v) is 51.2. The number of phosphoric acid groups is 1. The van der Waals surface area contributed by atoms with Crippen molar-refractivity contribution in [2.45, 2.75) is 304 Å². The molecule has 7 aromatic rings. The molecule has 2 saturated carbocycles. The Morgan fingerprint density at radius 1 is 0.464 bits per heavy atom. The van der Waals surface area contributed by atoms with Gasteiger partial charge in [0, 0.05) is 24.3 Å². The molecule has 0 heterocycles. The number of benzene rings is 7. The SMILES string of the molecule is CC(C)N(C(C)C)P(C)OCc1ccccc1.CCCCC[C@@H](CC[C@@H]1[C@H]2Cc3cccc(OCC(=O)OCc4ccccc4)c3C[C@H]2C[C@H]1O[Si](C)(C)C(C)(C)C)OCCO.CCCCC[C@@H](CC[C@@H]1[C@H]2Cc3cccc(OCC(=O)OCc4ccccc4)c3C[C@H]2C[C@H]1O[Si](C)(C)C(C)(C)C)OCCOP(=O)(OCc1ccccc1)OCc1ccccc1. The molecule has 11 rings (SSSR count). The first-order chi connectivity index (χ1) is 59.9. The molecule has 0 radical (unpaired) electrons. The molecule has 1 unspecified atom stereocenters. The first kappa shape index (κ1) is 103. The minimum Gasteiger partial charge on any atom is -0.482 e. The molecule has 4 aliphatic carbocycles. The second kappa shape index (κ2) is 51.4. The summed E-state index contributed by atoms with van der Waals surface area (Å²) in [7, 11) is -8.47. The van der Waals surface area contributed by atoms with Crippen LogP contribution in [-0.4, -0.2) is 121 Å². The van der Waals surface area contributed by atoms with E-state index in [1.54, 1.807) is 0 Å². The van der Waals surface area contributed by atoms with E-state index >= 15 is 0 Å². The number of hydrogen-bond acceptors (Lipinski definition) is 17. The summed E-state index contributed by atoms with van der Waals surface area (Å²) in [6.07, 6.45) is 19.4. The smallest absolute Gasteiger partial charge is 0.475 e. The summed E-state index contributed by atoms with van der Waals surface area (Å²) in [6.45, 7) is 41.0. The molecule has 688 valence electrons. The van der Waals surface area contributed by atoms with Gasteiger partial charge < -0.3 is 46.9 Å². The molecule has 17 nitrogen and oxygen atoms in total. The van der Waals surface area contributed by atoms with Crippen LogP contribution in [0.2, 0.25) is 36.3 Å². The highest BCUT2D eigenvalue weighted by Crippen LogP contribution is 2.55. The van der Waals surface area contributed by atoms with Crippen molar-refractivity contribution in [1.29, 1.82) is 0 Å². The van der Waals surface area contributed by atoms with Gasteiger partial charge >= 0.3 is 19.8 Å². The third-order valence-corrected chi connectivity index (χ3v) is 38.9. The molecule has 0 spiro atoms. The molecule has 125 heavy (non-hydrogen) atoms. The molecular weight excluding hydrogens is 1640 g/mol. The summed E-state index contributed by atoms with van der Waals surface area (Å²) in [5.74, 6) is 3.68. The lowest BCUT2D eigenvalue weighted by Gasteiger charge is -2.40. The van der Waals surface area contributed by atoms with Crippen LogP contribution in [-0.2, 0) is 119 Å². The number of unbranched alkanes of at least 4 members (excludes halogenated alkanes) is 4. The maximum Gasteiger partial charge on any atom is 0.475 e. The van der Waals surface area contributed by atoms with Crippen LogP contribution in [0.15, 0.2) is 188 Å². The molecule has 7 aromatic carbocycles. The van der Waals surface area contributed by atoms with Gasteiger partial charge in [-0.05, 0) is 245 Å². The predicted octanol–water partition coefficient (Wildman–Crippen LogP) is 25.4. The fourth-order valence-electron chi connectivity index (χ4n) is 17.9. The fourth-order valence-corrected chi connectivity index (χ4v) is 23.5. The van der Waals surface area contributed by atoms with Crippen molar-refractivity contribution < 1.29 is 74.6 Å². The third-order valence-electron chi connectivity index (χ3n) is 26.5. The minimum atomic E-state index is -3.91. The van der Waals surface area contributed by atoms with Gasteiger partial charge in [0.2, 0.25) is 0 Å². The summed E-state index contributed by atoms with van der Waals surface area (Å²) in [5, 5.41) is 9.69. The average molecular weight is 1790 g/mol. The molecule has 0 amide bonds. The summed E-state index contributed by atoms with van der Waals surface area (Å²) < 4.78 is 90.7. The maximum absolute atomic E-state index is 14.0. The minimum absolute atomic E-state index is 0.0279. The number of rotatable bonds is 48. The van der Waals surface area contributed by atoms with Gasteiger partial charge in [-0.3, -0.25) is 18.2 Å². The van der Waals surface area contributed by atoms with Gasteiger partial charge in [0.15, 0.2) is 29.8 Å². The molecule has 2 fully saturated rings. The Labute approximate surface area is 755 Å². The largest absolute Gasteiger partial charge is 0.482 e. The first-order valence-corrected chi connectivity index (χ1v) is 55.7. The molecule has 21 heteroatoms. The van der Waals surface area contributed by atoms with Crippen molar-refractivity contribution >= 4 is 44.7 Å². The van der Waals surface area contributed by atoms with E-state index in [2.05, 4.69) is 169 Å². The van der Waals surface area contributed by atoms with Crippen LogP contribution in [0.25, 0.3) is 0 Å². The molecule has 0 aliphatic heterocycles. The quantitative estimate of drug-likeness (QED) is 0.0164. The third kappa shape index (κ3) is 33.0. The number of nitrogens with zero attached hydrogens (tertiary/aromatic N) is 1. The van der Waals surface area contributed by atoms with E-state index in [0.717, 1.165) is 130 Å². The van der Waals surface area contributed by atoms with Crippen LogP contribution in [0.4, 0.5) is 0 Å². The van der Waals surface area contributed by atoms with E-state index < -0.39 is 32.8 Å². The van der Waals surface area contributed by atoms with Gasteiger partial charge in [0.05, 0.1) is 58.5 Å².